The Morgan fingerprint density at radius 1 is 1.46 bits per heavy atom. The Morgan fingerprint density at radius 2 is 2.21 bits per heavy atom. The van der Waals surface area contributed by atoms with Gasteiger partial charge in [-0.15, -0.1) is 24.0 Å². The molecule has 2 heterocycles. The minimum absolute atomic E-state index is 0. The summed E-state index contributed by atoms with van der Waals surface area (Å²) in [5.74, 6) is 1.64. The molecule has 138 valence electrons. The fourth-order valence-electron chi connectivity index (χ4n) is 3.15. The number of nitrogens with zero attached hydrogens (tertiary/aromatic N) is 4. The number of piperidine rings is 1. The first-order valence-corrected chi connectivity index (χ1v) is 8.86. The molecule has 1 fully saturated rings. The van der Waals surface area contributed by atoms with Crippen LogP contribution in [0.1, 0.15) is 25.5 Å². The molecule has 0 aliphatic carbocycles. The topological polar surface area (TPSA) is 35.8 Å². The van der Waals surface area contributed by atoms with Gasteiger partial charge < -0.3 is 19.7 Å². The Kier molecular flexibility index (Phi) is 9.44. The van der Waals surface area contributed by atoms with Gasteiger partial charge in [0.2, 0.25) is 0 Å². The van der Waals surface area contributed by atoms with E-state index in [1.165, 1.54) is 25.1 Å². The number of halogens is 2. The van der Waals surface area contributed by atoms with Gasteiger partial charge in [0.1, 0.15) is 0 Å². The van der Waals surface area contributed by atoms with E-state index in [-0.39, 0.29) is 24.0 Å². The average Bonchev–Trinajstić information content (AvgIpc) is 2.81. The number of hydrogen-bond acceptors (Lipinski definition) is 2. The summed E-state index contributed by atoms with van der Waals surface area (Å²) < 4.78 is 2.07. The first kappa shape index (κ1) is 21.6. The third kappa shape index (κ3) is 6.44. The summed E-state index contributed by atoms with van der Waals surface area (Å²) in [6.45, 7) is 7.04. The van der Waals surface area contributed by atoms with Crippen LogP contribution in [0.5, 0.6) is 0 Å². The number of guanidine groups is 1. The van der Waals surface area contributed by atoms with Crippen molar-refractivity contribution in [2.45, 2.75) is 26.3 Å². The van der Waals surface area contributed by atoms with Gasteiger partial charge in [-0.25, -0.2) is 0 Å². The van der Waals surface area contributed by atoms with Crippen molar-refractivity contribution in [1.29, 1.82) is 0 Å². The van der Waals surface area contributed by atoms with Crippen molar-refractivity contribution in [2.24, 2.45) is 18.0 Å². The Labute approximate surface area is 168 Å². The highest BCUT2D eigenvalue weighted by molar-refractivity contribution is 14.0. The predicted octanol–water partition coefficient (Wildman–Crippen LogP) is 3.04. The van der Waals surface area contributed by atoms with E-state index in [1.54, 1.807) is 0 Å². The van der Waals surface area contributed by atoms with Crippen LogP contribution in [-0.2, 0) is 13.6 Å². The molecule has 1 N–H and O–H groups in total. The van der Waals surface area contributed by atoms with E-state index in [0.717, 1.165) is 37.2 Å². The highest BCUT2D eigenvalue weighted by Crippen LogP contribution is 2.16. The molecule has 0 bridgehead atoms. The molecule has 5 nitrogen and oxygen atoms in total. The van der Waals surface area contributed by atoms with Crippen molar-refractivity contribution >= 4 is 41.5 Å². The molecule has 2 rings (SSSR count). The van der Waals surface area contributed by atoms with Gasteiger partial charge in [-0.2, -0.15) is 0 Å². The van der Waals surface area contributed by atoms with E-state index in [9.17, 15) is 0 Å². The minimum atomic E-state index is 0. The van der Waals surface area contributed by atoms with Crippen molar-refractivity contribution in [2.75, 3.05) is 40.3 Å². The van der Waals surface area contributed by atoms with Gasteiger partial charge in [-0.1, -0.05) is 11.6 Å². The molecule has 1 atom stereocenters. The molecule has 0 spiro atoms. The molecule has 1 unspecified atom stereocenters. The van der Waals surface area contributed by atoms with Crippen molar-refractivity contribution < 1.29 is 0 Å². The molecule has 24 heavy (non-hydrogen) atoms. The zero-order valence-corrected chi connectivity index (χ0v) is 18.3. The summed E-state index contributed by atoms with van der Waals surface area (Å²) >= 11 is 6.08. The summed E-state index contributed by atoms with van der Waals surface area (Å²) in [6, 6.07) is 2.01. The van der Waals surface area contributed by atoms with Crippen LogP contribution >= 0.6 is 35.6 Å². The normalized spacial score (nSPS) is 19.0. The Morgan fingerprint density at radius 3 is 2.79 bits per heavy atom. The van der Waals surface area contributed by atoms with Crippen molar-refractivity contribution in [3.8, 4) is 0 Å². The smallest absolute Gasteiger partial charge is 0.194 e. The van der Waals surface area contributed by atoms with E-state index in [0.29, 0.717) is 5.92 Å². The van der Waals surface area contributed by atoms with Crippen LogP contribution < -0.4 is 5.32 Å². The second-order valence-electron chi connectivity index (χ2n) is 6.58. The molecule has 7 heteroatoms. The van der Waals surface area contributed by atoms with Crippen molar-refractivity contribution in [3.05, 3.63) is 23.0 Å². The number of rotatable bonds is 5. The van der Waals surface area contributed by atoms with E-state index in [2.05, 4.69) is 40.7 Å². The van der Waals surface area contributed by atoms with E-state index in [1.807, 2.05) is 19.3 Å². The van der Waals surface area contributed by atoms with Crippen molar-refractivity contribution in [3.63, 3.8) is 0 Å². The van der Waals surface area contributed by atoms with Gasteiger partial charge in [0.05, 0.1) is 11.6 Å². The molecular weight excluding hydrogens is 437 g/mol. The minimum Gasteiger partial charge on any atom is -0.357 e. The average molecular weight is 468 g/mol. The summed E-state index contributed by atoms with van der Waals surface area (Å²) in [6.07, 6.45) is 4.50. The van der Waals surface area contributed by atoms with Gasteiger partial charge in [0, 0.05) is 45.6 Å². The van der Waals surface area contributed by atoms with Crippen LogP contribution in [0.3, 0.4) is 0 Å². The number of aliphatic imine (C=N–C) groups is 1. The quantitative estimate of drug-likeness (QED) is 0.411. The number of aryl methyl sites for hydroxylation is 1. The molecule has 0 aromatic carbocycles. The lowest BCUT2D eigenvalue weighted by molar-refractivity contribution is 0.214. The largest absolute Gasteiger partial charge is 0.357 e. The molecule has 0 saturated carbocycles. The summed E-state index contributed by atoms with van der Waals surface area (Å²) in [5, 5.41) is 4.18. The number of aromatic nitrogens is 1. The molecule has 1 aromatic heterocycles. The second-order valence-corrected chi connectivity index (χ2v) is 7.02. The molecular formula is C17H31ClIN5. The van der Waals surface area contributed by atoms with Crippen LogP contribution in [0.2, 0.25) is 5.02 Å². The Hall–Kier alpha value is -0.470. The molecule has 1 aliphatic rings. The van der Waals surface area contributed by atoms with Crippen molar-refractivity contribution in [1.82, 2.24) is 19.7 Å². The fraction of sp³-hybridized carbons (Fsp3) is 0.706. The maximum absolute atomic E-state index is 6.08. The SMILES string of the molecule is CCNC(=NCC1CCCN(C)C1)N(C)Cc1cc(Cl)cn1C.I. The zero-order chi connectivity index (χ0) is 16.8. The van der Waals surface area contributed by atoms with Gasteiger partial charge >= 0.3 is 0 Å². The maximum Gasteiger partial charge on any atom is 0.194 e. The maximum atomic E-state index is 6.08. The summed E-state index contributed by atoms with van der Waals surface area (Å²) in [7, 11) is 6.30. The van der Waals surface area contributed by atoms with E-state index >= 15 is 0 Å². The van der Waals surface area contributed by atoms with Gasteiger partial charge in [-0.3, -0.25) is 4.99 Å². The molecule has 1 aliphatic heterocycles. The Bertz CT molecular complexity index is 531. The lowest BCUT2D eigenvalue weighted by atomic mass is 9.99. The number of likely N-dealkylation sites (tertiary alicyclic amines) is 1. The van der Waals surface area contributed by atoms with Crippen LogP contribution in [0.15, 0.2) is 17.3 Å². The summed E-state index contributed by atoms with van der Waals surface area (Å²) in [4.78, 5) is 9.44. The zero-order valence-electron chi connectivity index (χ0n) is 15.3. The standard InChI is InChI=1S/C17H30ClN5.HI/c1-5-19-17(20-10-14-7-6-8-21(2)11-14)23(4)13-16-9-15(18)12-22(16)3;/h9,12,14H,5-8,10-11,13H2,1-4H3,(H,19,20);1H. The Balaban J connectivity index is 0.00000288. The third-order valence-corrected chi connectivity index (χ3v) is 4.60. The van der Waals surface area contributed by atoms with E-state index < -0.39 is 0 Å². The second kappa shape index (κ2) is 10.5. The molecule has 0 radical (unpaired) electrons. The lowest BCUT2D eigenvalue weighted by Crippen LogP contribution is -2.40. The number of nitrogens with one attached hydrogen (secondary N) is 1. The lowest BCUT2D eigenvalue weighted by Gasteiger charge is -2.29. The monoisotopic (exact) mass is 467 g/mol. The molecule has 1 aromatic rings. The van der Waals surface area contributed by atoms with E-state index in [4.69, 9.17) is 16.6 Å². The fourth-order valence-corrected chi connectivity index (χ4v) is 3.42. The number of hydrogen-bond donors (Lipinski definition) is 1. The third-order valence-electron chi connectivity index (χ3n) is 4.39. The van der Waals surface area contributed by atoms with Gasteiger partial charge in [0.25, 0.3) is 0 Å². The molecule has 1 saturated heterocycles. The summed E-state index contributed by atoms with van der Waals surface area (Å²) in [5.41, 5.74) is 1.18. The highest BCUT2D eigenvalue weighted by Gasteiger charge is 2.17. The highest BCUT2D eigenvalue weighted by atomic mass is 127. The molecule has 0 amide bonds. The van der Waals surface area contributed by atoms with Gasteiger partial charge in [-0.05, 0) is 45.3 Å². The van der Waals surface area contributed by atoms with Crippen LogP contribution in [0, 0.1) is 5.92 Å². The van der Waals surface area contributed by atoms with Crippen LogP contribution in [-0.4, -0.2) is 60.6 Å². The van der Waals surface area contributed by atoms with Gasteiger partial charge in [0.15, 0.2) is 5.96 Å². The van der Waals surface area contributed by atoms with Crippen LogP contribution in [0.25, 0.3) is 0 Å². The first-order chi connectivity index (χ1) is 11.0. The predicted molar refractivity (Wildman–Crippen MR) is 114 cm³/mol. The first-order valence-electron chi connectivity index (χ1n) is 8.48. The van der Waals surface area contributed by atoms with Crippen LogP contribution in [0.4, 0.5) is 0 Å².